The number of fused-ring (bicyclic) bond motifs is 2. The Hall–Kier alpha value is -5.54. The second-order valence-electron chi connectivity index (χ2n) is 9.98. The van der Waals surface area contributed by atoms with Crippen molar-refractivity contribution in [2.75, 3.05) is 34.4 Å². The fourth-order valence-electron chi connectivity index (χ4n) is 5.05. The Morgan fingerprint density at radius 3 is 2.36 bits per heavy atom. The van der Waals surface area contributed by atoms with Crippen LogP contribution >= 0.6 is 0 Å². The Morgan fingerprint density at radius 1 is 0.905 bits per heavy atom. The van der Waals surface area contributed by atoms with Crippen LogP contribution in [0.25, 0.3) is 11.3 Å². The van der Waals surface area contributed by atoms with E-state index in [0.29, 0.717) is 46.0 Å². The number of benzene rings is 4. The number of hydrogen-bond acceptors (Lipinski definition) is 6. The van der Waals surface area contributed by atoms with Gasteiger partial charge in [-0.15, -0.1) is 0 Å². The molecule has 2 aliphatic rings. The summed E-state index contributed by atoms with van der Waals surface area (Å²) in [4.78, 5) is 44.3. The first-order chi connectivity index (χ1) is 20.4. The third kappa shape index (κ3) is 5.16. The Balaban J connectivity index is 1.29. The zero-order valence-corrected chi connectivity index (χ0v) is 22.8. The van der Waals surface area contributed by atoms with Gasteiger partial charge in [-0.25, -0.2) is 4.99 Å². The summed E-state index contributed by atoms with van der Waals surface area (Å²) in [6.45, 7) is -0.0797. The predicted octanol–water partition coefficient (Wildman–Crippen LogP) is 4.81. The monoisotopic (exact) mass is 556 g/mol. The van der Waals surface area contributed by atoms with Gasteiger partial charge in [0.15, 0.2) is 0 Å². The van der Waals surface area contributed by atoms with Crippen molar-refractivity contribution < 1.29 is 14.4 Å². The summed E-state index contributed by atoms with van der Waals surface area (Å²) in [7, 11) is 1.67. The smallest absolute Gasteiger partial charge is 0.270 e. The standard InChI is InChI=1S/C33H28N6O3/c1-39(29(40)19-34)24-14-11-22(12-15-24)35-31(20-7-3-2-4-8-20)30-25-16-13-23(18-27(25)38-33(30)42)36-32(41)28-17-21-9-5-6-10-26(21)37-28/h2-16,18,35H,17,19,34H2,1H3,(H,36,41)(H,38,42)/b31-30-. The van der Waals surface area contributed by atoms with Crippen molar-refractivity contribution in [2.24, 2.45) is 10.7 Å². The average molecular weight is 557 g/mol. The minimum Gasteiger partial charge on any atom is -0.354 e. The normalized spacial score (nSPS) is 14.3. The minimum absolute atomic E-state index is 0.0797. The Kier molecular flexibility index (Phi) is 7.08. The Bertz CT molecular complexity index is 1780. The molecule has 0 aliphatic carbocycles. The molecule has 42 heavy (non-hydrogen) atoms. The van der Waals surface area contributed by atoms with Gasteiger partial charge >= 0.3 is 0 Å². The van der Waals surface area contributed by atoms with E-state index in [2.05, 4.69) is 20.9 Å². The van der Waals surface area contributed by atoms with Crippen molar-refractivity contribution in [3.05, 3.63) is 114 Å². The number of nitrogens with zero attached hydrogens (tertiary/aromatic N) is 2. The van der Waals surface area contributed by atoms with Crippen LogP contribution in [0.5, 0.6) is 0 Å². The van der Waals surface area contributed by atoms with Gasteiger partial charge in [0.25, 0.3) is 11.8 Å². The van der Waals surface area contributed by atoms with E-state index < -0.39 is 0 Å². The van der Waals surface area contributed by atoms with Crippen LogP contribution in [0.15, 0.2) is 102 Å². The van der Waals surface area contributed by atoms with E-state index in [1.165, 1.54) is 4.90 Å². The first-order valence-electron chi connectivity index (χ1n) is 13.5. The van der Waals surface area contributed by atoms with E-state index >= 15 is 0 Å². The summed E-state index contributed by atoms with van der Waals surface area (Å²) in [6, 6.07) is 29.9. The number of amides is 3. The van der Waals surface area contributed by atoms with Crippen LogP contribution in [0.2, 0.25) is 0 Å². The lowest BCUT2D eigenvalue weighted by Gasteiger charge is -2.18. The number of likely N-dealkylation sites (N-methyl/N-ethyl adjacent to an activating group) is 1. The number of carbonyl (C=O) groups is 3. The highest BCUT2D eigenvalue weighted by atomic mass is 16.2. The van der Waals surface area contributed by atoms with E-state index in [-0.39, 0.29) is 24.3 Å². The van der Waals surface area contributed by atoms with E-state index in [1.807, 2.05) is 84.9 Å². The Labute approximate surface area is 242 Å². The van der Waals surface area contributed by atoms with Crippen LogP contribution in [-0.4, -0.2) is 37.0 Å². The SMILES string of the molecule is CN(C(=O)CN)c1ccc(N/C(=C2\C(=O)Nc3cc(NC(=O)C4=Nc5ccccc5C4)ccc32)c2ccccc2)cc1. The first-order valence-corrected chi connectivity index (χ1v) is 13.5. The highest BCUT2D eigenvalue weighted by molar-refractivity contribution is 6.45. The van der Waals surface area contributed by atoms with Gasteiger partial charge in [0, 0.05) is 36.1 Å². The lowest BCUT2D eigenvalue weighted by Crippen LogP contribution is -2.32. The number of nitrogens with two attached hydrogens (primary N) is 1. The van der Waals surface area contributed by atoms with Gasteiger partial charge in [-0.2, -0.15) is 0 Å². The van der Waals surface area contributed by atoms with Crippen molar-refractivity contribution in [3.8, 4) is 0 Å². The Morgan fingerprint density at radius 2 is 1.62 bits per heavy atom. The summed E-state index contributed by atoms with van der Waals surface area (Å²) in [5.41, 5.74) is 13.0. The molecule has 0 aromatic heterocycles. The molecule has 0 saturated heterocycles. The van der Waals surface area contributed by atoms with Crippen molar-refractivity contribution in [2.45, 2.75) is 6.42 Å². The summed E-state index contributed by atoms with van der Waals surface area (Å²) in [5, 5.41) is 9.28. The fraction of sp³-hybridized carbons (Fsp3) is 0.0909. The van der Waals surface area contributed by atoms with E-state index in [0.717, 1.165) is 22.5 Å². The second-order valence-corrected chi connectivity index (χ2v) is 9.98. The molecular weight excluding hydrogens is 528 g/mol. The topological polar surface area (TPSA) is 129 Å². The molecule has 4 aromatic carbocycles. The van der Waals surface area contributed by atoms with Crippen molar-refractivity contribution in [1.29, 1.82) is 0 Å². The minimum atomic E-state index is -0.278. The molecule has 0 bridgehead atoms. The van der Waals surface area contributed by atoms with Crippen LogP contribution in [0.1, 0.15) is 16.7 Å². The summed E-state index contributed by atoms with van der Waals surface area (Å²) >= 11 is 0. The van der Waals surface area contributed by atoms with Crippen molar-refractivity contribution in [1.82, 2.24) is 0 Å². The van der Waals surface area contributed by atoms with Crippen LogP contribution in [0.3, 0.4) is 0 Å². The molecule has 0 saturated carbocycles. The largest absolute Gasteiger partial charge is 0.354 e. The molecule has 0 atom stereocenters. The maximum atomic E-state index is 13.4. The number of hydrogen-bond donors (Lipinski definition) is 4. The molecule has 9 heteroatoms. The first kappa shape index (κ1) is 26.7. The van der Waals surface area contributed by atoms with Crippen LogP contribution < -0.4 is 26.6 Å². The van der Waals surface area contributed by atoms with Crippen molar-refractivity contribution >= 4 is 63.1 Å². The number of anilines is 4. The lowest BCUT2D eigenvalue weighted by atomic mass is 9.99. The highest BCUT2D eigenvalue weighted by Gasteiger charge is 2.29. The van der Waals surface area contributed by atoms with Gasteiger partial charge < -0.3 is 26.6 Å². The maximum Gasteiger partial charge on any atom is 0.270 e. The van der Waals surface area contributed by atoms with Crippen LogP contribution in [-0.2, 0) is 20.8 Å². The molecule has 0 spiro atoms. The van der Waals surface area contributed by atoms with Gasteiger partial charge in [-0.3, -0.25) is 14.4 Å². The molecule has 5 N–H and O–H groups in total. The van der Waals surface area contributed by atoms with Gasteiger partial charge in [0.2, 0.25) is 5.91 Å². The summed E-state index contributed by atoms with van der Waals surface area (Å²) < 4.78 is 0. The molecule has 0 fully saturated rings. The van der Waals surface area contributed by atoms with Gasteiger partial charge in [-0.1, -0.05) is 48.5 Å². The number of rotatable bonds is 7. The third-order valence-electron chi connectivity index (χ3n) is 7.27. The van der Waals surface area contributed by atoms with Gasteiger partial charge in [0.05, 0.1) is 29.2 Å². The number of para-hydroxylation sites is 1. The molecule has 2 aliphatic heterocycles. The van der Waals surface area contributed by atoms with Crippen LogP contribution in [0.4, 0.5) is 28.4 Å². The zero-order chi connectivity index (χ0) is 29.2. The van der Waals surface area contributed by atoms with Gasteiger partial charge in [-0.05, 0) is 59.7 Å². The molecule has 4 aromatic rings. The van der Waals surface area contributed by atoms with Gasteiger partial charge in [0.1, 0.15) is 5.71 Å². The zero-order valence-electron chi connectivity index (χ0n) is 22.8. The van der Waals surface area contributed by atoms with E-state index in [1.54, 1.807) is 19.2 Å². The quantitative estimate of drug-likeness (QED) is 0.243. The van der Waals surface area contributed by atoms with Crippen molar-refractivity contribution in [3.63, 3.8) is 0 Å². The molecule has 6 rings (SSSR count). The number of carbonyl (C=O) groups excluding carboxylic acids is 3. The number of nitrogens with one attached hydrogen (secondary N) is 3. The average Bonchev–Trinajstić information content (AvgIpc) is 3.60. The molecule has 0 radical (unpaired) electrons. The fourth-order valence-corrected chi connectivity index (χ4v) is 5.05. The number of aliphatic imine (C=N–C) groups is 1. The third-order valence-corrected chi connectivity index (χ3v) is 7.27. The second kappa shape index (κ2) is 11.1. The highest BCUT2D eigenvalue weighted by Crippen LogP contribution is 2.39. The predicted molar refractivity (Wildman–Crippen MR) is 167 cm³/mol. The van der Waals surface area contributed by atoms with Crippen LogP contribution in [0, 0.1) is 0 Å². The van der Waals surface area contributed by atoms with E-state index in [9.17, 15) is 14.4 Å². The molecular formula is C33H28N6O3. The summed E-state index contributed by atoms with van der Waals surface area (Å²) in [5.74, 6) is -0.737. The molecule has 0 unspecified atom stereocenters. The van der Waals surface area contributed by atoms with E-state index in [4.69, 9.17) is 5.73 Å². The maximum absolute atomic E-state index is 13.4. The molecule has 2 heterocycles. The molecule has 9 nitrogen and oxygen atoms in total. The lowest BCUT2D eigenvalue weighted by molar-refractivity contribution is -0.117. The molecule has 3 amide bonds. The summed E-state index contributed by atoms with van der Waals surface area (Å²) in [6.07, 6.45) is 0.475. The molecule has 208 valence electrons.